The molecule has 1 unspecified atom stereocenters. The third kappa shape index (κ3) is 3.79. The largest absolute Gasteiger partial charge is 0.399 e. The van der Waals surface area contributed by atoms with Gasteiger partial charge in [-0.3, -0.25) is 9.59 Å². The van der Waals surface area contributed by atoms with Crippen molar-refractivity contribution in [2.24, 2.45) is 5.73 Å². The number of anilines is 1. The maximum atomic E-state index is 11.8. The molecule has 2 amide bonds. The fourth-order valence-corrected chi connectivity index (χ4v) is 1.45. The number of benzene rings is 1. The summed E-state index contributed by atoms with van der Waals surface area (Å²) in [5.74, 6) is -0.835. The summed E-state index contributed by atoms with van der Waals surface area (Å²) in [4.78, 5) is 22.9. The minimum atomic E-state index is -0.620. The minimum Gasteiger partial charge on any atom is -0.399 e. The Morgan fingerprint density at radius 1 is 1.29 bits per heavy atom. The second-order valence-electron chi connectivity index (χ2n) is 3.84. The first-order chi connectivity index (χ1) is 8.04. The van der Waals surface area contributed by atoms with E-state index >= 15 is 0 Å². The number of amides is 2. The highest BCUT2D eigenvalue weighted by Gasteiger charge is 2.17. The molecule has 1 aromatic rings. The highest BCUT2D eigenvalue weighted by atomic mass is 16.2. The van der Waals surface area contributed by atoms with Gasteiger partial charge >= 0.3 is 0 Å². The molecule has 0 aromatic heterocycles. The van der Waals surface area contributed by atoms with Crippen LogP contribution in [0.15, 0.2) is 24.3 Å². The van der Waals surface area contributed by atoms with Crippen molar-refractivity contribution in [1.82, 2.24) is 5.32 Å². The Morgan fingerprint density at radius 2 is 1.88 bits per heavy atom. The van der Waals surface area contributed by atoms with Gasteiger partial charge < -0.3 is 16.8 Å². The number of nitrogen functional groups attached to an aromatic ring is 1. The molecule has 0 aliphatic heterocycles. The number of primary amides is 1. The molecule has 1 atom stereocenters. The van der Waals surface area contributed by atoms with Crippen LogP contribution in [-0.4, -0.2) is 17.9 Å². The van der Waals surface area contributed by atoms with E-state index in [0.717, 1.165) is 6.42 Å². The molecule has 0 fully saturated rings. The molecule has 0 saturated carbocycles. The van der Waals surface area contributed by atoms with Crippen LogP contribution in [0.5, 0.6) is 0 Å². The normalized spacial score (nSPS) is 11.8. The van der Waals surface area contributed by atoms with Crippen LogP contribution in [0, 0.1) is 0 Å². The molecular weight excluding hydrogens is 218 g/mol. The number of rotatable bonds is 5. The summed E-state index contributed by atoms with van der Waals surface area (Å²) in [6, 6.07) is 5.86. The number of carbonyl (C=O) groups excluding carboxylic acids is 2. The molecule has 5 heteroatoms. The summed E-state index contributed by atoms with van der Waals surface area (Å²) < 4.78 is 0. The monoisotopic (exact) mass is 235 g/mol. The van der Waals surface area contributed by atoms with Gasteiger partial charge in [-0.1, -0.05) is 13.3 Å². The van der Waals surface area contributed by atoms with E-state index in [0.29, 0.717) is 17.7 Å². The summed E-state index contributed by atoms with van der Waals surface area (Å²) in [6.45, 7) is 1.92. The van der Waals surface area contributed by atoms with E-state index in [1.54, 1.807) is 24.3 Å². The van der Waals surface area contributed by atoms with Gasteiger partial charge in [0, 0.05) is 11.3 Å². The van der Waals surface area contributed by atoms with Crippen LogP contribution in [0.2, 0.25) is 0 Å². The summed E-state index contributed by atoms with van der Waals surface area (Å²) in [5, 5.41) is 2.60. The Bertz CT molecular complexity index is 401. The highest BCUT2D eigenvalue weighted by molar-refractivity contribution is 5.97. The third-order valence-electron chi connectivity index (χ3n) is 2.40. The zero-order valence-corrected chi connectivity index (χ0v) is 9.77. The van der Waals surface area contributed by atoms with Gasteiger partial charge in [0.1, 0.15) is 6.04 Å². The van der Waals surface area contributed by atoms with Gasteiger partial charge in [0.05, 0.1) is 0 Å². The highest BCUT2D eigenvalue weighted by Crippen LogP contribution is 2.06. The van der Waals surface area contributed by atoms with Gasteiger partial charge in [0.2, 0.25) is 5.91 Å². The summed E-state index contributed by atoms with van der Waals surface area (Å²) in [6.07, 6.45) is 1.31. The summed E-state index contributed by atoms with van der Waals surface area (Å²) in [7, 11) is 0. The van der Waals surface area contributed by atoms with E-state index in [4.69, 9.17) is 11.5 Å². The van der Waals surface area contributed by atoms with Gasteiger partial charge in [-0.15, -0.1) is 0 Å². The molecule has 5 N–H and O–H groups in total. The van der Waals surface area contributed by atoms with Crippen molar-refractivity contribution < 1.29 is 9.59 Å². The lowest BCUT2D eigenvalue weighted by molar-refractivity contribution is -0.120. The topological polar surface area (TPSA) is 98.2 Å². The second-order valence-corrected chi connectivity index (χ2v) is 3.84. The molecule has 1 rings (SSSR count). The molecule has 0 bridgehead atoms. The fourth-order valence-electron chi connectivity index (χ4n) is 1.45. The van der Waals surface area contributed by atoms with Crippen LogP contribution >= 0.6 is 0 Å². The third-order valence-corrected chi connectivity index (χ3v) is 2.40. The zero-order chi connectivity index (χ0) is 12.8. The summed E-state index contributed by atoms with van der Waals surface area (Å²) >= 11 is 0. The molecule has 17 heavy (non-hydrogen) atoms. The Labute approximate surface area is 100 Å². The van der Waals surface area contributed by atoms with Gasteiger partial charge in [-0.25, -0.2) is 0 Å². The molecule has 0 spiro atoms. The molecule has 1 aromatic carbocycles. The van der Waals surface area contributed by atoms with Crippen molar-refractivity contribution >= 4 is 17.5 Å². The summed E-state index contributed by atoms with van der Waals surface area (Å²) in [5.41, 5.74) is 11.8. The van der Waals surface area contributed by atoms with Crippen molar-refractivity contribution in [1.29, 1.82) is 0 Å². The predicted molar refractivity (Wildman–Crippen MR) is 66.2 cm³/mol. The van der Waals surface area contributed by atoms with Gasteiger partial charge in [-0.2, -0.15) is 0 Å². The van der Waals surface area contributed by atoms with E-state index in [-0.39, 0.29) is 5.91 Å². The average Bonchev–Trinajstić information content (AvgIpc) is 2.29. The number of nitrogens with two attached hydrogens (primary N) is 2. The molecule has 0 saturated heterocycles. The Balaban J connectivity index is 2.70. The first-order valence-corrected chi connectivity index (χ1v) is 5.50. The predicted octanol–water partition coefficient (Wildman–Crippen LogP) is 0.653. The van der Waals surface area contributed by atoms with Crippen molar-refractivity contribution in [3.63, 3.8) is 0 Å². The molecule has 0 aliphatic carbocycles. The lowest BCUT2D eigenvalue weighted by Crippen LogP contribution is -2.44. The maximum Gasteiger partial charge on any atom is 0.251 e. The lowest BCUT2D eigenvalue weighted by Gasteiger charge is -2.14. The van der Waals surface area contributed by atoms with Crippen molar-refractivity contribution in [2.75, 3.05) is 5.73 Å². The molecule has 0 aliphatic rings. The van der Waals surface area contributed by atoms with E-state index in [1.807, 2.05) is 6.92 Å². The molecule has 0 radical (unpaired) electrons. The fraction of sp³-hybridized carbons (Fsp3) is 0.333. The van der Waals surface area contributed by atoms with Gasteiger partial charge in [0.25, 0.3) is 5.91 Å². The van der Waals surface area contributed by atoms with Gasteiger partial charge in [0.15, 0.2) is 0 Å². The number of hydrogen-bond donors (Lipinski definition) is 3. The van der Waals surface area contributed by atoms with Crippen LogP contribution < -0.4 is 16.8 Å². The van der Waals surface area contributed by atoms with Crippen LogP contribution in [-0.2, 0) is 4.79 Å². The SMILES string of the molecule is CCCC(NC(=O)c1ccc(N)cc1)C(N)=O. The first kappa shape index (κ1) is 13.0. The Morgan fingerprint density at radius 3 is 2.35 bits per heavy atom. The van der Waals surface area contributed by atoms with E-state index in [9.17, 15) is 9.59 Å². The average molecular weight is 235 g/mol. The first-order valence-electron chi connectivity index (χ1n) is 5.50. The standard InChI is InChI=1S/C12H17N3O2/c1-2-3-10(11(14)16)15-12(17)8-4-6-9(13)7-5-8/h4-7,10H,2-3,13H2,1H3,(H2,14,16)(H,15,17). The van der Waals surface area contributed by atoms with E-state index in [1.165, 1.54) is 0 Å². The smallest absolute Gasteiger partial charge is 0.251 e. The molecule has 5 nitrogen and oxygen atoms in total. The van der Waals surface area contributed by atoms with Crippen LogP contribution in [0.25, 0.3) is 0 Å². The minimum absolute atomic E-state index is 0.317. The quantitative estimate of drug-likeness (QED) is 0.653. The molecule has 0 heterocycles. The number of nitrogens with one attached hydrogen (secondary N) is 1. The van der Waals surface area contributed by atoms with Gasteiger partial charge in [-0.05, 0) is 30.7 Å². The second kappa shape index (κ2) is 5.89. The van der Waals surface area contributed by atoms with Crippen molar-refractivity contribution in [3.05, 3.63) is 29.8 Å². The number of hydrogen-bond acceptors (Lipinski definition) is 3. The van der Waals surface area contributed by atoms with Crippen molar-refractivity contribution in [3.8, 4) is 0 Å². The van der Waals surface area contributed by atoms with E-state index < -0.39 is 11.9 Å². The zero-order valence-electron chi connectivity index (χ0n) is 9.77. The lowest BCUT2D eigenvalue weighted by atomic mass is 10.1. The van der Waals surface area contributed by atoms with Crippen LogP contribution in [0.1, 0.15) is 30.1 Å². The Kier molecular flexibility index (Phi) is 4.51. The van der Waals surface area contributed by atoms with Crippen LogP contribution in [0.4, 0.5) is 5.69 Å². The molecular formula is C12H17N3O2. The van der Waals surface area contributed by atoms with Crippen LogP contribution in [0.3, 0.4) is 0 Å². The Hall–Kier alpha value is -2.04. The van der Waals surface area contributed by atoms with Crippen molar-refractivity contribution in [2.45, 2.75) is 25.8 Å². The number of carbonyl (C=O) groups is 2. The molecule has 92 valence electrons. The maximum absolute atomic E-state index is 11.8. The van der Waals surface area contributed by atoms with E-state index in [2.05, 4.69) is 5.32 Å².